The molecule has 29 heavy (non-hydrogen) atoms. The maximum atomic E-state index is 13.2. The number of pyridine rings is 1. The second-order valence-electron chi connectivity index (χ2n) is 7.52. The van der Waals surface area contributed by atoms with Crippen LogP contribution in [-0.2, 0) is 20.5 Å². The molecular weight excluding hydrogens is 390 g/mol. The van der Waals surface area contributed by atoms with Crippen molar-refractivity contribution < 1.29 is 17.9 Å². The molecule has 156 valence electrons. The van der Waals surface area contributed by atoms with Gasteiger partial charge in [-0.25, -0.2) is 8.42 Å². The van der Waals surface area contributed by atoms with Crippen LogP contribution in [0.1, 0.15) is 30.1 Å². The van der Waals surface area contributed by atoms with Gasteiger partial charge < -0.3 is 14.8 Å². The molecule has 1 aromatic carbocycles. The Hall–Kier alpha value is -2.00. The number of hydrogen-bond donors (Lipinski definition) is 1. The zero-order valence-corrected chi connectivity index (χ0v) is 17.3. The zero-order chi connectivity index (χ0) is 20.3. The fourth-order valence-corrected chi connectivity index (χ4v) is 5.88. The maximum Gasteiger partial charge on any atom is 0.218 e. The Morgan fingerprint density at radius 2 is 2.03 bits per heavy atom. The smallest absolute Gasteiger partial charge is 0.218 e. The van der Waals surface area contributed by atoms with E-state index in [1.807, 2.05) is 42.5 Å². The first-order chi connectivity index (χ1) is 14.1. The van der Waals surface area contributed by atoms with Gasteiger partial charge in [-0.1, -0.05) is 18.2 Å². The highest BCUT2D eigenvalue weighted by Crippen LogP contribution is 2.34. The number of hydrogen-bond acceptors (Lipinski definition) is 6. The van der Waals surface area contributed by atoms with Gasteiger partial charge in [-0.3, -0.25) is 4.98 Å². The Morgan fingerprint density at radius 3 is 2.83 bits per heavy atom. The van der Waals surface area contributed by atoms with E-state index in [1.54, 1.807) is 17.6 Å². The molecule has 2 aliphatic heterocycles. The van der Waals surface area contributed by atoms with Crippen molar-refractivity contribution in [1.29, 1.82) is 0 Å². The van der Waals surface area contributed by atoms with Gasteiger partial charge in [0.05, 0.1) is 17.5 Å². The molecule has 4 rings (SSSR count). The Morgan fingerprint density at radius 1 is 1.17 bits per heavy atom. The van der Waals surface area contributed by atoms with Crippen molar-refractivity contribution in [2.45, 2.75) is 36.8 Å². The molecule has 3 heterocycles. The summed E-state index contributed by atoms with van der Waals surface area (Å²) in [6.45, 7) is 1.99. The van der Waals surface area contributed by atoms with E-state index in [-0.39, 0.29) is 24.0 Å². The monoisotopic (exact) mass is 417 g/mol. The van der Waals surface area contributed by atoms with E-state index in [2.05, 4.69) is 10.3 Å². The van der Waals surface area contributed by atoms with Crippen molar-refractivity contribution in [1.82, 2.24) is 14.6 Å². The first-order valence-electron chi connectivity index (χ1n) is 9.96. The van der Waals surface area contributed by atoms with Gasteiger partial charge in [0.1, 0.15) is 18.0 Å². The fourth-order valence-electron chi connectivity index (χ4n) is 4.10. The summed E-state index contributed by atoms with van der Waals surface area (Å²) in [5.41, 5.74) is 1.53. The minimum Gasteiger partial charge on any atom is -0.486 e. The lowest BCUT2D eigenvalue weighted by Crippen LogP contribution is -2.32. The summed E-state index contributed by atoms with van der Waals surface area (Å²) in [6, 6.07) is 12.8. The number of benzene rings is 1. The van der Waals surface area contributed by atoms with Crippen LogP contribution in [0.25, 0.3) is 0 Å². The Bertz CT molecular complexity index is 923. The van der Waals surface area contributed by atoms with Crippen molar-refractivity contribution in [3.05, 3.63) is 59.9 Å². The molecule has 0 spiro atoms. The van der Waals surface area contributed by atoms with Crippen LogP contribution < -0.4 is 10.1 Å². The summed E-state index contributed by atoms with van der Waals surface area (Å²) >= 11 is 0. The van der Waals surface area contributed by atoms with Crippen LogP contribution >= 0.6 is 0 Å². The summed E-state index contributed by atoms with van der Waals surface area (Å²) in [7, 11) is -1.80. The molecule has 2 aromatic rings. The predicted molar refractivity (Wildman–Crippen MR) is 110 cm³/mol. The molecule has 0 aliphatic carbocycles. The van der Waals surface area contributed by atoms with E-state index >= 15 is 0 Å². The van der Waals surface area contributed by atoms with Gasteiger partial charge in [-0.2, -0.15) is 4.31 Å². The van der Waals surface area contributed by atoms with E-state index in [0.29, 0.717) is 24.4 Å². The van der Waals surface area contributed by atoms with Crippen LogP contribution in [0.15, 0.2) is 48.7 Å². The second kappa shape index (κ2) is 8.79. The lowest BCUT2D eigenvalue weighted by Gasteiger charge is -2.24. The molecule has 3 atom stereocenters. The first-order valence-corrected chi connectivity index (χ1v) is 11.6. The molecule has 7 nitrogen and oxygen atoms in total. The number of nitrogens with zero attached hydrogens (tertiary/aromatic N) is 2. The number of aromatic nitrogens is 1. The molecule has 0 saturated carbocycles. The highest BCUT2D eigenvalue weighted by atomic mass is 32.2. The molecule has 1 aromatic heterocycles. The minimum atomic E-state index is -3.47. The lowest BCUT2D eigenvalue weighted by atomic mass is 10.1. The van der Waals surface area contributed by atoms with Gasteiger partial charge in [0.2, 0.25) is 10.0 Å². The number of nitrogens with one attached hydrogen (secondary N) is 1. The molecule has 1 unspecified atom stereocenters. The molecular formula is C21H27N3O4S. The molecule has 1 N–H and O–H groups in total. The predicted octanol–water partition coefficient (Wildman–Crippen LogP) is 2.11. The molecule has 0 bridgehead atoms. The summed E-state index contributed by atoms with van der Waals surface area (Å²) < 4.78 is 39.4. The average molecular weight is 418 g/mol. The number of sulfonamides is 1. The third-order valence-electron chi connectivity index (χ3n) is 5.53. The third kappa shape index (κ3) is 4.61. The van der Waals surface area contributed by atoms with Gasteiger partial charge in [-0.15, -0.1) is 0 Å². The average Bonchev–Trinajstić information content (AvgIpc) is 3.38. The first kappa shape index (κ1) is 20.3. The Labute approximate surface area is 172 Å². The zero-order valence-electron chi connectivity index (χ0n) is 16.5. The highest BCUT2D eigenvalue weighted by Gasteiger charge is 2.36. The number of ether oxygens (including phenoxy) is 2. The third-order valence-corrected chi connectivity index (χ3v) is 7.38. The molecule has 0 amide bonds. The van der Waals surface area contributed by atoms with Gasteiger partial charge in [0.25, 0.3) is 0 Å². The largest absolute Gasteiger partial charge is 0.486 e. The van der Waals surface area contributed by atoms with Crippen molar-refractivity contribution in [2.24, 2.45) is 0 Å². The van der Waals surface area contributed by atoms with Crippen LogP contribution in [0, 0.1) is 0 Å². The molecule has 8 heteroatoms. The second-order valence-corrected chi connectivity index (χ2v) is 9.44. The highest BCUT2D eigenvalue weighted by molar-refractivity contribution is 7.88. The maximum absolute atomic E-state index is 13.2. The summed E-state index contributed by atoms with van der Waals surface area (Å²) in [5.74, 6) is 0.612. The molecule has 2 fully saturated rings. The van der Waals surface area contributed by atoms with Gasteiger partial charge in [0.15, 0.2) is 0 Å². The van der Waals surface area contributed by atoms with Crippen molar-refractivity contribution in [2.75, 3.05) is 26.7 Å². The Balaban J connectivity index is 1.48. The SMILES string of the molecule is CO[C@@H]1CNC[C@H]1Oc1cccc(CS(=O)(=O)N2CCCC2c2ccccn2)c1. The van der Waals surface area contributed by atoms with Gasteiger partial charge >= 0.3 is 0 Å². The lowest BCUT2D eigenvalue weighted by molar-refractivity contribution is 0.0346. The normalized spacial score (nSPS) is 25.3. The van der Waals surface area contributed by atoms with E-state index in [9.17, 15) is 8.42 Å². The summed E-state index contributed by atoms with van der Waals surface area (Å²) in [4.78, 5) is 4.37. The van der Waals surface area contributed by atoms with E-state index in [1.165, 1.54) is 0 Å². The summed E-state index contributed by atoms with van der Waals surface area (Å²) in [5, 5.41) is 3.25. The van der Waals surface area contributed by atoms with Crippen LogP contribution in [0.4, 0.5) is 0 Å². The fraction of sp³-hybridized carbons (Fsp3) is 0.476. The standard InChI is InChI=1S/C21H27N3O4S/c1-27-20-13-22-14-21(20)28-17-7-4-6-16(12-17)15-29(25,26)24-11-5-9-19(24)18-8-2-3-10-23-18/h2-4,6-8,10,12,19-22H,5,9,11,13-15H2,1H3/t19?,20-,21-/m1/s1. The van der Waals surface area contributed by atoms with E-state index in [0.717, 1.165) is 25.1 Å². The molecule has 0 radical (unpaired) electrons. The Kier molecular flexibility index (Phi) is 6.15. The van der Waals surface area contributed by atoms with Crippen LogP contribution in [0.3, 0.4) is 0 Å². The number of rotatable bonds is 7. The summed E-state index contributed by atoms with van der Waals surface area (Å²) in [6.07, 6.45) is 3.26. The van der Waals surface area contributed by atoms with Gasteiger partial charge in [0, 0.05) is 32.9 Å². The van der Waals surface area contributed by atoms with E-state index in [4.69, 9.17) is 9.47 Å². The van der Waals surface area contributed by atoms with Crippen molar-refractivity contribution in [3.63, 3.8) is 0 Å². The molecule has 2 saturated heterocycles. The van der Waals surface area contributed by atoms with Gasteiger partial charge in [-0.05, 0) is 42.7 Å². The van der Waals surface area contributed by atoms with Crippen molar-refractivity contribution in [3.8, 4) is 5.75 Å². The van der Waals surface area contributed by atoms with E-state index < -0.39 is 10.0 Å². The number of methoxy groups -OCH3 is 1. The minimum absolute atomic E-state index is 0.00822. The molecule has 2 aliphatic rings. The van der Waals surface area contributed by atoms with Crippen LogP contribution in [0.5, 0.6) is 5.75 Å². The van der Waals surface area contributed by atoms with Crippen LogP contribution in [0.2, 0.25) is 0 Å². The van der Waals surface area contributed by atoms with Crippen LogP contribution in [-0.4, -0.2) is 56.7 Å². The topological polar surface area (TPSA) is 80.8 Å². The van der Waals surface area contributed by atoms with Crippen molar-refractivity contribution >= 4 is 10.0 Å². The quantitative estimate of drug-likeness (QED) is 0.743.